The van der Waals surface area contributed by atoms with Gasteiger partial charge in [-0.1, -0.05) is 37.5 Å². The van der Waals surface area contributed by atoms with E-state index in [1.165, 1.54) is 48.4 Å². The van der Waals surface area contributed by atoms with E-state index in [-0.39, 0.29) is 0 Å². The van der Waals surface area contributed by atoms with Crippen molar-refractivity contribution in [2.24, 2.45) is 0 Å². The molecule has 0 aromatic heterocycles. The van der Waals surface area contributed by atoms with Crippen molar-refractivity contribution in [1.29, 1.82) is 0 Å². The lowest BCUT2D eigenvalue weighted by atomic mass is 9.95. The van der Waals surface area contributed by atoms with Gasteiger partial charge >= 0.3 is 0 Å². The number of benzene rings is 2. The van der Waals surface area contributed by atoms with Crippen LogP contribution in [0.1, 0.15) is 37.7 Å². The van der Waals surface area contributed by atoms with Crippen molar-refractivity contribution < 1.29 is 4.74 Å². The summed E-state index contributed by atoms with van der Waals surface area (Å²) in [4.78, 5) is 0. The molecule has 0 atom stereocenters. The van der Waals surface area contributed by atoms with Crippen LogP contribution in [-0.2, 0) is 6.54 Å². The number of methoxy groups -OCH3 is 1. The average Bonchev–Trinajstić information content (AvgIpc) is 2.53. The fourth-order valence-electron chi connectivity index (χ4n) is 3.08. The topological polar surface area (TPSA) is 21.3 Å². The van der Waals surface area contributed by atoms with Crippen molar-refractivity contribution in [3.63, 3.8) is 0 Å². The molecule has 0 unspecified atom stereocenters. The molecule has 0 spiro atoms. The van der Waals surface area contributed by atoms with Gasteiger partial charge in [-0.25, -0.2) is 0 Å². The van der Waals surface area contributed by atoms with E-state index in [0.717, 1.165) is 18.3 Å². The maximum atomic E-state index is 5.27. The Balaban J connectivity index is 1.69. The van der Waals surface area contributed by atoms with Gasteiger partial charge in [0.25, 0.3) is 0 Å². The predicted molar refractivity (Wildman–Crippen MR) is 84.2 cm³/mol. The minimum absolute atomic E-state index is 0.718. The molecule has 1 fully saturated rings. The minimum Gasteiger partial charge on any atom is -0.497 e. The van der Waals surface area contributed by atoms with Crippen molar-refractivity contribution in [1.82, 2.24) is 5.32 Å². The summed E-state index contributed by atoms with van der Waals surface area (Å²) >= 11 is 0. The first-order chi connectivity index (χ1) is 9.85. The highest BCUT2D eigenvalue weighted by Crippen LogP contribution is 2.22. The van der Waals surface area contributed by atoms with E-state index in [1.54, 1.807) is 7.11 Å². The smallest absolute Gasteiger partial charge is 0.119 e. The van der Waals surface area contributed by atoms with E-state index in [1.807, 2.05) is 6.07 Å². The van der Waals surface area contributed by atoms with E-state index >= 15 is 0 Å². The average molecular weight is 269 g/mol. The highest BCUT2D eigenvalue weighted by atomic mass is 16.5. The molecule has 2 aromatic rings. The first kappa shape index (κ1) is 13.4. The Bertz CT molecular complexity index is 573. The third-order valence-corrected chi connectivity index (χ3v) is 4.31. The predicted octanol–water partition coefficient (Wildman–Crippen LogP) is 4.27. The van der Waals surface area contributed by atoms with Crippen LogP contribution in [0.25, 0.3) is 10.8 Å². The van der Waals surface area contributed by atoms with Crippen LogP contribution in [0.3, 0.4) is 0 Å². The Kier molecular flexibility index (Phi) is 4.22. The van der Waals surface area contributed by atoms with Crippen LogP contribution in [0, 0.1) is 0 Å². The highest BCUT2D eigenvalue weighted by Gasteiger charge is 2.12. The van der Waals surface area contributed by atoms with Gasteiger partial charge in [-0.15, -0.1) is 0 Å². The zero-order valence-electron chi connectivity index (χ0n) is 12.2. The summed E-state index contributed by atoms with van der Waals surface area (Å²) < 4.78 is 5.27. The van der Waals surface area contributed by atoms with Gasteiger partial charge in [0, 0.05) is 12.6 Å². The fourth-order valence-corrected chi connectivity index (χ4v) is 3.08. The molecule has 0 heterocycles. The van der Waals surface area contributed by atoms with Crippen LogP contribution in [-0.4, -0.2) is 13.2 Å². The normalized spacial score (nSPS) is 16.4. The van der Waals surface area contributed by atoms with E-state index in [0.29, 0.717) is 0 Å². The summed E-state index contributed by atoms with van der Waals surface area (Å²) in [5, 5.41) is 6.23. The lowest BCUT2D eigenvalue weighted by Crippen LogP contribution is -2.30. The molecule has 2 aromatic carbocycles. The molecule has 1 saturated carbocycles. The van der Waals surface area contributed by atoms with Crippen molar-refractivity contribution >= 4 is 10.8 Å². The molecule has 1 aliphatic rings. The molecule has 3 rings (SSSR count). The molecular weight excluding hydrogens is 246 g/mol. The van der Waals surface area contributed by atoms with Gasteiger partial charge in [0.05, 0.1) is 7.11 Å². The summed E-state index contributed by atoms with van der Waals surface area (Å²) in [5.74, 6) is 0.922. The van der Waals surface area contributed by atoms with E-state index in [2.05, 4.69) is 35.6 Å². The van der Waals surface area contributed by atoms with E-state index in [4.69, 9.17) is 4.74 Å². The van der Waals surface area contributed by atoms with Gasteiger partial charge < -0.3 is 10.1 Å². The van der Waals surface area contributed by atoms with Crippen LogP contribution >= 0.6 is 0 Å². The lowest BCUT2D eigenvalue weighted by molar-refractivity contribution is 0.372. The zero-order chi connectivity index (χ0) is 13.8. The maximum absolute atomic E-state index is 5.27. The van der Waals surface area contributed by atoms with Gasteiger partial charge in [-0.3, -0.25) is 0 Å². The molecule has 1 N–H and O–H groups in total. The second-order valence-corrected chi connectivity index (χ2v) is 5.76. The molecule has 106 valence electrons. The number of hydrogen-bond acceptors (Lipinski definition) is 2. The first-order valence-corrected chi connectivity index (χ1v) is 7.65. The standard InChI is InChI=1S/C18H23NO/c1-20-18-10-9-15-11-14(7-8-16(15)12-18)13-19-17-5-3-2-4-6-17/h7-12,17,19H,2-6,13H2,1H3. The Morgan fingerprint density at radius 3 is 2.55 bits per heavy atom. The number of hydrogen-bond donors (Lipinski definition) is 1. The van der Waals surface area contributed by atoms with Gasteiger partial charge in [0.2, 0.25) is 0 Å². The summed E-state index contributed by atoms with van der Waals surface area (Å²) in [6.07, 6.45) is 6.86. The summed E-state index contributed by atoms with van der Waals surface area (Å²) in [5.41, 5.74) is 1.37. The number of rotatable bonds is 4. The molecule has 0 bridgehead atoms. The van der Waals surface area contributed by atoms with Crippen molar-refractivity contribution in [3.8, 4) is 5.75 Å². The largest absolute Gasteiger partial charge is 0.497 e. The van der Waals surface area contributed by atoms with Gasteiger partial charge in [-0.2, -0.15) is 0 Å². The molecule has 0 amide bonds. The van der Waals surface area contributed by atoms with Crippen molar-refractivity contribution in [2.45, 2.75) is 44.7 Å². The fraction of sp³-hybridized carbons (Fsp3) is 0.444. The number of ether oxygens (including phenoxy) is 1. The Morgan fingerprint density at radius 1 is 1.00 bits per heavy atom. The maximum Gasteiger partial charge on any atom is 0.119 e. The Labute approximate surface area is 121 Å². The van der Waals surface area contributed by atoms with Crippen LogP contribution in [0.15, 0.2) is 36.4 Å². The Morgan fingerprint density at radius 2 is 1.75 bits per heavy atom. The van der Waals surface area contributed by atoms with Gasteiger partial charge in [-0.05, 0) is 47.4 Å². The SMILES string of the molecule is COc1ccc2cc(CNC3CCCCC3)ccc2c1. The summed E-state index contributed by atoms with van der Waals surface area (Å²) in [7, 11) is 1.71. The molecule has 2 nitrogen and oxygen atoms in total. The van der Waals surface area contributed by atoms with Gasteiger partial charge in [0.1, 0.15) is 5.75 Å². The summed E-state index contributed by atoms with van der Waals surface area (Å²) in [6.45, 7) is 0.979. The first-order valence-electron chi connectivity index (χ1n) is 7.65. The quantitative estimate of drug-likeness (QED) is 0.895. The third kappa shape index (κ3) is 3.13. The van der Waals surface area contributed by atoms with Crippen LogP contribution in [0.4, 0.5) is 0 Å². The third-order valence-electron chi connectivity index (χ3n) is 4.31. The molecule has 0 radical (unpaired) electrons. The Hall–Kier alpha value is -1.54. The van der Waals surface area contributed by atoms with Crippen LogP contribution in [0.2, 0.25) is 0 Å². The number of fused-ring (bicyclic) bond motifs is 1. The van der Waals surface area contributed by atoms with E-state index < -0.39 is 0 Å². The number of nitrogens with one attached hydrogen (secondary N) is 1. The molecular formula is C18H23NO. The zero-order valence-corrected chi connectivity index (χ0v) is 12.2. The monoisotopic (exact) mass is 269 g/mol. The van der Waals surface area contributed by atoms with Crippen molar-refractivity contribution in [2.75, 3.05) is 7.11 Å². The van der Waals surface area contributed by atoms with Gasteiger partial charge in [0.15, 0.2) is 0 Å². The lowest BCUT2D eigenvalue weighted by Gasteiger charge is -2.23. The van der Waals surface area contributed by atoms with Crippen LogP contribution in [0.5, 0.6) is 5.75 Å². The van der Waals surface area contributed by atoms with Crippen LogP contribution < -0.4 is 10.1 Å². The van der Waals surface area contributed by atoms with E-state index in [9.17, 15) is 0 Å². The molecule has 20 heavy (non-hydrogen) atoms. The minimum atomic E-state index is 0.718. The highest BCUT2D eigenvalue weighted by molar-refractivity contribution is 5.84. The summed E-state index contributed by atoms with van der Waals surface area (Å²) in [6, 6.07) is 13.7. The van der Waals surface area contributed by atoms with Crippen molar-refractivity contribution in [3.05, 3.63) is 42.0 Å². The molecule has 0 aliphatic heterocycles. The molecule has 0 saturated heterocycles. The second-order valence-electron chi connectivity index (χ2n) is 5.76. The molecule has 1 aliphatic carbocycles. The second kappa shape index (κ2) is 6.27. The molecule has 2 heteroatoms.